The lowest BCUT2D eigenvalue weighted by atomic mass is 10.1. The fourth-order valence-electron chi connectivity index (χ4n) is 1.82. The van der Waals surface area contributed by atoms with Gasteiger partial charge in [0.25, 0.3) is 11.6 Å². The number of nitro benzene ring substituents is 1. The quantitative estimate of drug-likeness (QED) is 0.668. The standard InChI is InChI=1S/C14H10BrFN2O3/c1-8-12(3-2-4-13(8)18(20)21)17-14(19)10-6-5-9(15)7-11(10)16/h2-7H,1H3,(H,17,19). The van der Waals surface area contributed by atoms with Gasteiger partial charge in [0.1, 0.15) is 5.82 Å². The van der Waals surface area contributed by atoms with Crippen molar-refractivity contribution in [1.82, 2.24) is 0 Å². The van der Waals surface area contributed by atoms with Crippen molar-refractivity contribution in [3.05, 3.63) is 67.9 Å². The molecule has 0 atom stereocenters. The Bertz CT molecular complexity index is 734. The van der Waals surface area contributed by atoms with Crippen LogP contribution in [0.4, 0.5) is 15.8 Å². The predicted octanol–water partition coefficient (Wildman–Crippen LogP) is 4.06. The maximum absolute atomic E-state index is 13.7. The maximum atomic E-state index is 13.7. The van der Waals surface area contributed by atoms with Crippen molar-refractivity contribution in [3.8, 4) is 0 Å². The monoisotopic (exact) mass is 352 g/mol. The summed E-state index contributed by atoms with van der Waals surface area (Å²) in [6.45, 7) is 1.52. The lowest BCUT2D eigenvalue weighted by Gasteiger charge is -2.09. The Morgan fingerprint density at radius 1 is 1.33 bits per heavy atom. The number of rotatable bonds is 3. The minimum absolute atomic E-state index is 0.107. The van der Waals surface area contributed by atoms with Gasteiger partial charge in [-0.05, 0) is 31.2 Å². The number of halogens is 2. The van der Waals surface area contributed by atoms with Crippen LogP contribution in [-0.2, 0) is 0 Å². The Labute approximate surface area is 128 Å². The first-order valence-corrected chi connectivity index (χ1v) is 6.70. The molecule has 1 amide bonds. The fraction of sp³-hybridized carbons (Fsp3) is 0.0714. The molecule has 0 saturated carbocycles. The highest BCUT2D eigenvalue weighted by Crippen LogP contribution is 2.26. The van der Waals surface area contributed by atoms with Gasteiger partial charge in [-0.1, -0.05) is 22.0 Å². The largest absolute Gasteiger partial charge is 0.321 e. The Morgan fingerprint density at radius 3 is 2.67 bits per heavy atom. The Balaban J connectivity index is 2.32. The van der Waals surface area contributed by atoms with Crippen LogP contribution >= 0.6 is 15.9 Å². The number of carbonyl (C=O) groups excluding carboxylic acids is 1. The van der Waals surface area contributed by atoms with E-state index in [0.29, 0.717) is 10.0 Å². The molecular formula is C14H10BrFN2O3. The molecule has 0 aliphatic heterocycles. The molecule has 0 unspecified atom stereocenters. The molecule has 0 aliphatic rings. The fourth-order valence-corrected chi connectivity index (χ4v) is 2.15. The van der Waals surface area contributed by atoms with Gasteiger partial charge in [-0.2, -0.15) is 0 Å². The summed E-state index contributed by atoms with van der Waals surface area (Å²) in [6, 6.07) is 8.37. The summed E-state index contributed by atoms with van der Waals surface area (Å²) in [6.07, 6.45) is 0. The van der Waals surface area contributed by atoms with Gasteiger partial charge in [0.15, 0.2) is 0 Å². The molecule has 0 aliphatic carbocycles. The van der Waals surface area contributed by atoms with Crippen LogP contribution in [0.1, 0.15) is 15.9 Å². The first kappa shape index (κ1) is 15.1. The lowest BCUT2D eigenvalue weighted by molar-refractivity contribution is -0.385. The maximum Gasteiger partial charge on any atom is 0.274 e. The van der Waals surface area contributed by atoms with E-state index in [1.165, 1.54) is 43.3 Å². The van der Waals surface area contributed by atoms with Crippen LogP contribution in [0.5, 0.6) is 0 Å². The zero-order chi connectivity index (χ0) is 15.6. The highest BCUT2D eigenvalue weighted by Gasteiger charge is 2.17. The molecule has 0 heterocycles. The van der Waals surface area contributed by atoms with Crippen molar-refractivity contribution in [1.29, 1.82) is 0 Å². The molecule has 7 heteroatoms. The number of carbonyl (C=O) groups is 1. The average Bonchev–Trinajstić information content (AvgIpc) is 2.40. The third kappa shape index (κ3) is 3.25. The van der Waals surface area contributed by atoms with E-state index in [9.17, 15) is 19.3 Å². The van der Waals surface area contributed by atoms with Gasteiger partial charge in [0.2, 0.25) is 0 Å². The first-order chi connectivity index (χ1) is 9.90. The van der Waals surface area contributed by atoms with E-state index < -0.39 is 16.6 Å². The number of benzene rings is 2. The van der Waals surface area contributed by atoms with Crippen LogP contribution in [0.2, 0.25) is 0 Å². The Morgan fingerprint density at radius 2 is 2.05 bits per heavy atom. The molecule has 0 spiro atoms. The minimum Gasteiger partial charge on any atom is -0.321 e. The topological polar surface area (TPSA) is 72.2 Å². The van der Waals surface area contributed by atoms with E-state index in [4.69, 9.17) is 0 Å². The van der Waals surface area contributed by atoms with Crippen LogP contribution in [0, 0.1) is 22.9 Å². The van der Waals surface area contributed by atoms with Gasteiger partial charge in [-0.25, -0.2) is 4.39 Å². The molecule has 21 heavy (non-hydrogen) atoms. The van der Waals surface area contributed by atoms with Crippen molar-refractivity contribution in [2.75, 3.05) is 5.32 Å². The van der Waals surface area contributed by atoms with E-state index in [1.807, 2.05) is 0 Å². The molecule has 0 bridgehead atoms. The van der Waals surface area contributed by atoms with Gasteiger partial charge in [-0.3, -0.25) is 14.9 Å². The van der Waals surface area contributed by atoms with E-state index in [0.717, 1.165) is 0 Å². The van der Waals surface area contributed by atoms with Crippen molar-refractivity contribution >= 4 is 33.2 Å². The molecule has 0 aromatic heterocycles. The van der Waals surface area contributed by atoms with E-state index >= 15 is 0 Å². The number of amides is 1. The van der Waals surface area contributed by atoms with Gasteiger partial charge in [0, 0.05) is 10.5 Å². The number of nitro groups is 1. The third-order valence-corrected chi connectivity index (χ3v) is 3.42. The molecule has 2 rings (SSSR count). The molecule has 1 N–H and O–H groups in total. The van der Waals surface area contributed by atoms with Crippen molar-refractivity contribution in [2.45, 2.75) is 6.92 Å². The number of nitrogens with zero attached hydrogens (tertiary/aromatic N) is 1. The number of hydrogen-bond acceptors (Lipinski definition) is 3. The zero-order valence-electron chi connectivity index (χ0n) is 10.9. The second kappa shape index (κ2) is 6.01. The lowest BCUT2D eigenvalue weighted by Crippen LogP contribution is -2.14. The summed E-state index contributed by atoms with van der Waals surface area (Å²) < 4.78 is 14.2. The number of anilines is 1. The van der Waals surface area contributed by atoms with Crippen molar-refractivity contribution in [2.24, 2.45) is 0 Å². The second-order valence-corrected chi connectivity index (χ2v) is 5.20. The van der Waals surface area contributed by atoms with Gasteiger partial charge >= 0.3 is 0 Å². The predicted molar refractivity (Wildman–Crippen MR) is 79.9 cm³/mol. The normalized spacial score (nSPS) is 10.2. The van der Waals surface area contributed by atoms with Gasteiger partial charge < -0.3 is 5.32 Å². The minimum atomic E-state index is -0.676. The molecule has 5 nitrogen and oxygen atoms in total. The summed E-state index contributed by atoms with van der Waals surface area (Å²) in [5.74, 6) is -1.34. The molecule has 0 saturated heterocycles. The SMILES string of the molecule is Cc1c(NC(=O)c2ccc(Br)cc2F)cccc1[N+](=O)[O-]. The molecule has 0 radical (unpaired) electrons. The van der Waals surface area contributed by atoms with Crippen LogP contribution in [0.15, 0.2) is 40.9 Å². The van der Waals surface area contributed by atoms with Gasteiger partial charge in [-0.15, -0.1) is 0 Å². The van der Waals surface area contributed by atoms with Crippen LogP contribution in [0.3, 0.4) is 0 Å². The molecule has 2 aromatic rings. The Hall–Kier alpha value is -2.28. The summed E-state index contributed by atoms with van der Waals surface area (Å²) >= 11 is 3.10. The van der Waals surface area contributed by atoms with E-state index in [2.05, 4.69) is 21.2 Å². The molecule has 2 aromatic carbocycles. The summed E-state index contributed by atoms with van der Waals surface area (Å²) in [5.41, 5.74) is 0.345. The van der Waals surface area contributed by atoms with Crippen molar-refractivity contribution in [3.63, 3.8) is 0 Å². The van der Waals surface area contributed by atoms with E-state index in [1.54, 1.807) is 0 Å². The second-order valence-electron chi connectivity index (χ2n) is 4.29. The number of nitrogens with one attached hydrogen (secondary N) is 1. The summed E-state index contributed by atoms with van der Waals surface area (Å²) in [4.78, 5) is 22.4. The van der Waals surface area contributed by atoms with Crippen LogP contribution in [-0.4, -0.2) is 10.8 Å². The summed E-state index contributed by atoms with van der Waals surface area (Å²) in [7, 11) is 0. The molecular weight excluding hydrogens is 343 g/mol. The third-order valence-electron chi connectivity index (χ3n) is 2.93. The van der Waals surface area contributed by atoms with Gasteiger partial charge in [0.05, 0.1) is 21.7 Å². The highest BCUT2D eigenvalue weighted by molar-refractivity contribution is 9.10. The Kier molecular flexibility index (Phi) is 4.32. The van der Waals surface area contributed by atoms with E-state index in [-0.39, 0.29) is 16.9 Å². The zero-order valence-corrected chi connectivity index (χ0v) is 12.5. The highest BCUT2D eigenvalue weighted by atomic mass is 79.9. The van der Waals surface area contributed by atoms with Crippen LogP contribution in [0.25, 0.3) is 0 Å². The summed E-state index contributed by atoms with van der Waals surface area (Å²) in [5, 5.41) is 13.3. The van der Waals surface area contributed by atoms with Crippen LogP contribution < -0.4 is 5.32 Å². The smallest absolute Gasteiger partial charge is 0.274 e. The van der Waals surface area contributed by atoms with Crippen molar-refractivity contribution < 1.29 is 14.1 Å². The molecule has 108 valence electrons. The first-order valence-electron chi connectivity index (χ1n) is 5.90. The molecule has 0 fully saturated rings. The average molecular weight is 353 g/mol. The number of hydrogen-bond donors (Lipinski definition) is 1.